The maximum atomic E-state index is 10.8. The highest BCUT2D eigenvalue weighted by atomic mass is 19.1. The zero-order valence-corrected chi connectivity index (χ0v) is 9.45. The monoisotopic (exact) mass is 285 g/mol. The molecule has 0 bridgehead atoms. The van der Waals surface area contributed by atoms with Gasteiger partial charge in [0.1, 0.15) is 0 Å². The van der Waals surface area contributed by atoms with Gasteiger partial charge >= 0.3 is 23.9 Å². The molecule has 3 radical (unpaired) electrons. The lowest BCUT2D eigenvalue weighted by molar-refractivity contribution is 0.0637. The summed E-state index contributed by atoms with van der Waals surface area (Å²) in [6.45, 7) is 0. The molecule has 0 saturated heterocycles. The van der Waals surface area contributed by atoms with E-state index in [1.165, 1.54) is 0 Å². The van der Waals surface area contributed by atoms with Crippen LogP contribution in [0.4, 0.5) is 4.39 Å². The number of carboxylic acid groups (broad SMARTS) is 4. The molecule has 0 heterocycles. The van der Waals surface area contributed by atoms with Crippen molar-refractivity contribution in [2.24, 2.45) is 0 Å². The van der Waals surface area contributed by atoms with Crippen molar-refractivity contribution in [2.45, 2.75) is 0 Å². The number of carbonyl (C=O) groups is 4. The second-order valence-corrected chi connectivity index (χ2v) is 3.16. The summed E-state index contributed by atoms with van der Waals surface area (Å²) in [4.78, 5) is 43.1. The maximum Gasteiger partial charge on any atom is 0.336 e. The molecule has 1 aromatic rings. The fourth-order valence-corrected chi connectivity index (χ4v) is 1.31. The topological polar surface area (TPSA) is 149 Å². The van der Waals surface area contributed by atoms with Gasteiger partial charge in [0, 0.05) is 0 Å². The van der Waals surface area contributed by atoms with Crippen LogP contribution in [-0.2, 0) is 0 Å². The van der Waals surface area contributed by atoms with Crippen LogP contribution in [-0.4, -0.2) is 44.3 Å². The first-order chi connectivity index (χ1) is 9.25. The van der Waals surface area contributed by atoms with Gasteiger partial charge in [0.25, 0.3) is 0 Å². The first-order valence-corrected chi connectivity index (χ1v) is 4.55. The van der Waals surface area contributed by atoms with Crippen LogP contribution in [0.1, 0.15) is 41.4 Å². The Kier molecular flexibility index (Phi) is 5.81. The van der Waals surface area contributed by atoms with E-state index in [-0.39, 0.29) is 0 Å². The van der Waals surface area contributed by atoms with Gasteiger partial charge in [-0.05, 0) is 12.1 Å². The molecule has 4 N–H and O–H groups in total. The van der Waals surface area contributed by atoms with Crippen LogP contribution < -0.4 is 0 Å². The average Bonchev–Trinajstić information content (AvgIpc) is 2.38. The third kappa shape index (κ3) is 3.51. The SMILES string of the molecule is O=C(O)c1cc(C(=O)O)c(C(=O)O)cc1C(=O)O.[C]F. The molecule has 0 atom stereocenters. The Balaban J connectivity index is 0.00000172. The normalized spacial score (nSPS) is 9.10. The van der Waals surface area contributed by atoms with E-state index in [0.717, 1.165) is 0 Å². The molecule has 0 amide bonds. The Bertz CT molecular complexity index is 480. The minimum Gasteiger partial charge on any atom is -0.478 e. The Morgan fingerprint density at radius 1 is 0.650 bits per heavy atom. The summed E-state index contributed by atoms with van der Waals surface area (Å²) in [6, 6.07) is 1.02. The summed E-state index contributed by atoms with van der Waals surface area (Å²) < 4.78 is 8.75. The predicted molar refractivity (Wildman–Crippen MR) is 58.6 cm³/mol. The van der Waals surface area contributed by atoms with Gasteiger partial charge in [0.2, 0.25) is 7.18 Å². The minimum atomic E-state index is -1.66. The highest BCUT2D eigenvalue weighted by Crippen LogP contribution is 2.18. The molecule has 0 aliphatic heterocycles. The molecule has 0 unspecified atom stereocenters. The highest BCUT2D eigenvalue weighted by molar-refractivity contribution is 6.09. The number of aromatic carboxylic acids is 4. The molecule has 1 aromatic carbocycles. The second kappa shape index (κ2) is 6.83. The summed E-state index contributed by atoms with van der Waals surface area (Å²) in [6.07, 6.45) is 0. The van der Waals surface area contributed by atoms with Crippen molar-refractivity contribution in [3.8, 4) is 0 Å². The van der Waals surface area contributed by atoms with Crippen molar-refractivity contribution in [2.75, 3.05) is 0 Å². The largest absolute Gasteiger partial charge is 0.478 e. The number of hydrogen-bond donors (Lipinski definition) is 4. The Hall–Kier alpha value is -2.97. The van der Waals surface area contributed by atoms with Crippen LogP contribution in [0.2, 0.25) is 0 Å². The van der Waals surface area contributed by atoms with E-state index in [1.54, 1.807) is 0 Å². The summed E-state index contributed by atoms with van der Waals surface area (Å²) in [5, 5.41) is 35.0. The molecule has 105 valence electrons. The molecule has 0 aliphatic rings. The lowest BCUT2D eigenvalue weighted by Crippen LogP contribution is -2.15. The van der Waals surface area contributed by atoms with Crippen LogP contribution in [0.5, 0.6) is 0 Å². The van der Waals surface area contributed by atoms with Crippen LogP contribution >= 0.6 is 0 Å². The van der Waals surface area contributed by atoms with Crippen LogP contribution in [0.15, 0.2) is 12.1 Å². The van der Waals surface area contributed by atoms with Gasteiger partial charge in [-0.2, -0.15) is 0 Å². The third-order valence-electron chi connectivity index (χ3n) is 2.08. The molecule has 1 rings (SSSR count). The quantitative estimate of drug-likeness (QED) is 0.639. The van der Waals surface area contributed by atoms with E-state index in [2.05, 4.69) is 7.18 Å². The van der Waals surface area contributed by atoms with E-state index in [4.69, 9.17) is 24.8 Å². The maximum absolute atomic E-state index is 10.8. The van der Waals surface area contributed by atoms with E-state index in [1.807, 2.05) is 0 Å². The number of benzene rings is 1. The molecule has 0 aliphatic carbocycles. The van der Waals surface area contributed by atoms with Crippen molar-refractivity contribution in [1.29, 1.82) is 0 Å². The van der Waals surface area contributed by atoms with Gasteiger partial charge in [0.05, 0.1) is 22.3 Å². The summed E-state index contributed by atoms with van der Waals surface area (Å²) in [5.74, 6) is -6.64. The zero-order chi connectivity index (χ0) is 16.0. The van der Waals surface area contributed by atoms with Gasteiger partial charge < -0.3 is 20.4 Å². The number of hydrogen-bond acceptors (Lipinski definition) is 4. The Morgan fingerprint density at radius 2 is 0.800 bits per heavy atom. The lowest BCUT2D eigenvalue weighted by Gasteiger charge is -2.06. The van der Waals surface area contributed by atoms with Gasteiger partial charge in [-0.3, -0.25) is 0 Å². The van der Waals surface area contributed by atoms with Crippen molar-refractivity contribution >= 4 is 23.9 Å². The van der Waals surface area contributed by atoms with Gasteiger partial charge in [-0.15, -0.1) is 0 Å². The zero-order valence-electron chi connectivity index (χ0n) is 9.45. The lowest BCUT2D eigenvalue weighted by atomic mass is 9.98. The molecule has 0 fully saturated rings. The van der Waals surface area contributed by atoms with Crippen LogP contribution in [0.25, 0.3) is 0 Å². The van der Waals surface area contributed by atoms with E-state index in [0.29, 0.717) is 12.1 Å². The summed E-state index contributed by atoms with van der Waals surface area (Å²) in [7, 11) is 4.25. The van der Waals surface area contributed by atoms with Crippen molar-refractivity contribution < 1.29 is 44.0 Å². The van der Waals surface area contributed by atoms with E-state index < -0.39 is 46.1 Å². The Morgan fingerprint density at radius 3 is 0.900 bits per heavy atom. The van der Waals surface area contributed by atoms with Crippen LogP contribution in [0.3, 0.4) is 0 Å². The minimum absolute atomic E-state index is 0.511. The van der Waals surface area contributed by atoms with Gasteiger partial charge in [-0.1, -0.05) is 0 Å². The van der Waals surface area contributed by atoms with Crippen molar-refractivity contribution in [3.05, 3.63) is 41.6 Å². The molecular formula is C11H6FO8. The Labute approximate surface area is 110 Å². The van der Waals surface area contributed by atoms with E-state index >= 15 is 0 Å². The van der Waals surface area contributed by atoms with Gasteiger partial charge in [-0.25, -0.2) is 23.6 Å². The predicted octanol–water partition coefficient (Wildman–Crippen LogP) is 0.981. The van der Waals surface area contributed by atoms with Crippen molar-refractivity contribution in [1.82, 2.24) is 0 Å². The third-order valence-corrected chi connectivity index (χ3v) is 2.08. The molecular weight excluding hydrogens is 279 g/mol. The van der Waals surface area contributed by atoms with Crippen molar-refractivity contribution in [3.63, 3.8) is 0 Å². The van der Waals surface area contributed by atoms with Gasteiger partial charge in [0.15, 0.2) is 0 Å². The average molecular weight is 285 g/mol. The summed E-state index contributed by atoms with van der Waals surface area (Å²) in [5.41, 5.74) is -3.15. The number of rotatable bonds is 4. The number of halogens is 1. The standard InChI is InChI=1S/C10H6O8.CF/c11-7(12)3-1-4(8(13)14)6(10(17)18)2-5(3)9(15)16;1-2/h1-2H,(H,11,12)(H,13,14)(H,15,16)(H,17,18);. The first-order valence-electron chi connectivity index (χ1n) is 4.55. The second-order valence-electron chi connectivity index (χ2n) is 3.16. The summed E-state index contributed by atoms with van der Waals surface area (Å²) >= 11 is 0. The molecule has 20 heavy (non-hydrogen) atoms. The van der Waals surface area contributed by atoms with E-state index in [9.17, 15) is 19.2 Å². The molecule has 9 heteroatoms. The smallest absolute Gasteiger partial charge is 0.336 e. The first kappa shape index (κ1) is 17.0. The molecule has 8 nitrogen and oxygen atoms in total. The molecule has 0 aromatic heterocycles. The molecule has 0 spiro atoms. The van der Waals surface area contributed by atoms with Crippen LogP contribution in [0, 0.1) is 7.18 Å². The fraction of sp³-hybridized carbons (Fsp3) is 0. The molecule has 0 saturated carbocycles. The number of carboxylic acids is 4. The fourth-order valence-electron chi connectivity index (χ4n) is 1.31. The highest BCUT2D eigenvalue weighted by Gasteiger charge is 2.24.